The number of hydrogen-bond donors (Lipinski definition) is 2. The molecule has 0 rings (SSSR count). The normalized spacial score (nSPS) is 12.6. The van der Waals surface area contributed by atoms with Crippen LogP contribution in [0.1, 0.15) is 0 Å². The Morgan fingerprint density at radius 3 is 2.50 bits per heavy atom. The molecule has 0 atom stereocenters. The van der Waals surface area contributed by atoms with Crippen molar-refractivity contribution in [2.45, 2.75) is 0 Å². The Morgan fingerprint density at radius 1 is 1.25 bits per heavy atom. The molecule has 0 spiro atoms. The van der Waals surface area contributed by atoms with E-state index < -0.39 is 0 Å². The van der Waals surface area contributed by atoms with E-state index in [1.165, 1.54) is 6.21 Å². The van der Waals surface area contributed by atoms with E-state index in [-0.39, 0.29) is 0 Å². The number of hydrogen-bond acceptors (Lipinski definition) is 2. The molecule has 0 aromatic heterocycles. The zero-order valence-electron chi connectivity index (χ0n) is 4.24. The molecule has 2 nitrogen and oxygen atoms in total. The third-order valence-electron chi connectivity index (χ3n) is 0.473. The first-order chi connectivity index (χ1) is 3.91. The number of rotatable bonds is 2. The summed E-state index contributed by atoms with van der Waals surface area (Å²) in [5.74, 6) is 0. The van der Waals surface area contributed by atoms with Gasteiger partial charge in [0.05, 0.1) is 0 Å². The molecule has 0 amide bonds. The molecule has 0 saturated heterocycles. The summed E-state index contributed by atoms with van der Waals surface area (Å²) in [5, 5.41) is 12.7. The van der Waals surface area contributed by atoms with Crippen LogP contribution < -0.4 is 5.16 Å². The minimum atomic E-state index is 1.29. The molecule has 0 heterocycles. The van der Waals surface area contributed by atoms with Crippen LogP contribution in [0.4, 0.5) is 0 Å². The first-order valence-corrected chi connectivity index (χ1v) is 2.60. The zero-order valence-corrected chi connectivity index (χ0v) is 5.14. The summed E-state index contributed by atoms with van der Waals surface area (Å²) in [5.41, 5.74) is 0. The molecule has 0 aromatic rings. The fraction of sp³-hybridized carbons (Fsp3) is 0. The maximum absolute atomic E-state index is 9.49. The first-order valence-electron chi connectivity index (χ1n) is 2.08. The lowest BCUT2D eigenvalue weighted by molar-refractivity contribution is -0.366. The van der Waals surface area contributed by atoms with Crippen LogP contribution in [0, 0.1) is 5.21 Å². The predicted molar refractivity (Wildman–Crippen MR) is 37.7 cm³/mol. The molecule has 3 heteroatoms. The molecule has 0 aliphatic carbocycles. The van der Waals surface area contributed by atoms with Crippen molar-refractivity contribution < 1.29 is 5.16 Å². The molecular formula is C5H7NOS. The summed E-state index contributed by atoms with van der Waals surface area (Å²) in [6.45, 7) is 0. The molecule has 0 aliphatic heterocycles. The van der Waals surface area contributed by atoms with Crippen LogP contribution >= 0.6 is 12.6 Å². The van der Waals surface area contributed by atoms with Gasteiger partial charge in [0.15, 0.2) is 6.21 Å². The Kier molecular flexibility index (Phi) is 5.75. The van der Waals surface area contributed by atoms with E-state index >= 15 is 0 Å². The SMILES string of the molecule is [O-]/[NH+]=C/C=C\C=C\S. The van der Waals surface area contributed by atoms with E-state index in [4.69, 9.17) is 0 Å². The minimum absolute atomic E-state index is 1.29. The molecule has 0 saturated carbocycles. The highest BCUT2D eigenvalue weighted by molar-refractivity contribution is 7.83. The number of nitrogens with one attached hydrogen (secondary N) is 1. The summed E-state index contributed by atoms with van der Waals surface area (Å²) in [6.07, 6.45) is 6.27. The van der Waals surface area contributed by atoms with Crippen LogP contribution in [-0.4, -0.2) is 6.21 Å². The molecule has 1 N–H and O–H groups in total. The smallest absolute Gasteiger partial charge is 0.172 e. The Morgan fingerprint density at radius 2 is 2.00 bits per heavy atom. The number of allylic oxidation sites excluding steroid dienone is 3. The molecule has 8 heavy (non-hydrogen) atoms. The van der Waals surface area contributed by atoms with Gasteiger partial charge in [0.1, 0.15) is 0 Å². The lowest BCUT2D eigenvalue weighted by atomic mass is 10.5. The average Bonchev–Trinajstić information content (AvgIpc) is 1.81. The summed E-state index contributed by atoms with van der Waals surface area (Å²) in [7, 11) is 0. The highest BCUT2D eigenvalue weighted by Gasteiger charge is 1.59. The van der Waals surface area contributed by atoms with E-state index in [2.05, 4.69) is 12.6 Å². The molecule has 0 unspecified atom stereocenters. The quantitative estimate of drug-likeness (QED) is 0.172. The van der Waals surface area contributed by atoms with E-state index in [1.54, 1.807) is 28.8 Å². The Hall–Kier alpha value is -0.700. The second-order valence-corrected chi connectivity index (χ2v) is 1.31. The second-order valence-electron chi connectivity index (χ2n) is 1.01. The van der Waals surface area contributed by atoms with E-state index in [9.17, 15) is 5.21 Å². The van der Waals surface area contributed by atoms with Crippen molar-refractivity contribution >= 4 is 18.8 Å². The van der Waals surface area contributed by atoms with Crippen molar-refractivity contribution in [3.8, 4) is 0 Å². The zero-order chi connectivity index (χ0) is 6.24. The number of thiol groups is 1. The van der Waals surface area contributed by atoms with Gasteiger partial charge in [-0.25, -0.2) is 5.16 Å². The van der Waals surface area contributed by atoms with Crippen LogP contribution in [-0.2, 0) is 0 Å². The van der Waals surface area contributed by atoms with Crippen molar-refractivity contribution in [1.82, 2.24) is 0 Å². The Balaban J connectivity index is 3.35. The molecule has 0 aromatic carbocycles. The Labute approximate surface area is 53.6 Å². The van der Waals surface area contributed by atoms with Gasteiger partial charge in [-0.15, -0.1) is 0 Å². The van der Waals surface area contributed by atoms with Crippen molar-refractivity contribution in [1.29, 1.82) is 0 Å². The summed E-state index contributed by atoms with van der Waals surface area (Å²) in [6, 6.07) is 0. The van der Waals surface area contributed by atoms with Gasteiger partial charge in [-0.3, -0.25) is 0 Å². The lowest BCUT2D eigenvalue weighted by Gasteiger charge is -1.70. The molecule has 0 fully saturated rings. The van der Waals surface area contributed by atoms with Gasteiger partial charge < -0.3 is 5.21 Å². The standard InChI is InChI=1S/C5H7NOS/c7-6-4-2-1-3-5-8/h1-6H,(H-,7,8)/b2-1-,5-3+,6-4+. The fourth-order valence-electron chi connectivity index (χ4n) is 0.209. The van der Waals surface area contributed by atoms with Crippen molar-refractivity contribution in [3.63, 3.8) is 0 Å². The average molecular weight is 129 g/mol. The van der Waals surface area contributed by atoms with Gasteiger partial charge in [-0.1, -0.05) is 12.2 Å². The van der Waals surface area contributed by atoms with Crippen LogP contribution in [0.3, 0.4) is 0 Å². The van der Waals surface area contributed by atoms with E-state index in [1.807, 2.05) is 0 Å². The highest BCUT2D eigenvalue weighted by atomic mass is 32.1. The van der Waals surface area contributed by atoms with Crippen LogP contribution in [0.5, 0.6) is 0 Å². The topological polar surface area (TPSA) is 37.0 Å². The van der Waals surface area contributed by atoms with Gasteiger partial charge in [-0.05, 0) is 5.41 Å². The summed E-state index contributed by atoms with van der Waals surface area (Å²) in [4.78, 5) is 0. The van der Waals surface area contributed by atoms with Gasteiger partial charge in [0.25, 0.3) is 0 Å². The van der Waals surface area contributed by atoms with Crippen LogP contribution in [0.25, 0.3) is 0 Å². The van der Waals surface area contributed by atoms with E-state index in [0.717, 1.165) is 0 Å². The van der Waals surface area contributed by atoms with Crippen LogP contribution in [0.2, 0.25) is 0 Å². The lowest BCUT2D eigenvalue weighted by Crippen LogP contribution is -2.59. The molecule has 44 valence electrons. The maximum atomic E-state index is 9.49. The monoisotopic (exact) mass is 129 g/mol. The molecule has 0 bridgehead atoms. The predicted octanol–water partition coefficient (Wildman–Crippen LogP) is -0.365. The molecule has 0 aliphatic rings. The summed E-state index contributed by atoms with van der Waals surface area (Å²) < 4.78 is 0. The van der Waals surface area contributed by atoms with Crippen LogP contribution in [0.15, 0.2) is 23.6 Å². The maximum Gasteiger partial charge on any atom is 0.172 e. The van der Waals surface area contributed by atoms with Gasteiger partial charge in [-0.2, -0.15) is 12.6 Å². The van der Waals surface area contributed by atoms with Crippen molar-refractivity contribution in [2.24, 2.45) is 0 Å². The van der Waals surface area contributed by atoms with Crippen molar-refractivity contribution in [3.05, 3.63) is 28.8 Å². The highest BCUT2D eigenvalue weighted by Crippen LogP contribution is 1.76. The molecule has 0 radical (unpaired) electrons. The fourth-order valence-corrected chi connectivity index (χ4v) is 0.308. The minimum Gasteiger partial charge on any atom is -0.625 e. The largest absolute Gasteiger partial charge is 0.625 e. The Bertz CT molecular complexity index is 104. The third-order valence-corrected chi connectivity index (χ3v) is 0.645. The second kappa shape index (κ2) is 6.30. The third kappa shape index (κ3) is 5.30. The van der Waals surface area contributed by atoms with Crippen molar-refractivity contribution in [2.75, 3.05) is 0 Å². The van der Waals surface area contributed by atoms with Gasteiger partial charge >= 0.3 is 0 Å². The summed E-state index contributed by atoms with van der Waals surface area (Å²) >= 11 is 3.78. The first kappa shape index (κ1) is 7.30. The molecular weight excluding hydrogens is 122 g/mol. The van der Waals surface area contributed by atoms with Gasteiger partial charge in [0.2, 0.25) is 0 Å². The van der Waals surface area contributed by atoms with Gasteiger partial charge in [0, 0.05) is 6.08 Å². The van der Waals surface area contributed by atoms with E-state index in [0.29, 0.717) is 0 Å².